The van der Waals surface area contributed by atoms with Gasteiger partial charge in [0.25, 0.3) is 0 Å². The van der Waals surface area contributed by atoms with E-state index in [2.05, 4.69) is 11.8 Å². The molecule has 0 amide bonds. The minimum Gasteiger partial charge on any atom is -0.387 e. The number of aliphatic hydroxyl groups excluding tert-OH is 1. The number of terminal acetylenes is 2. The molecule has 4 aromatic carbocycles. The molecule has 2 aromatic heterocycles. The highest BCUT2D eigenvalue weighted by molar-refractivity contribution is 6.42. The van der Waals surface area contributed by atoms with Crippen LogP contribution in [0.3, 0.4) is 0 Å². The Morgan fingerprint density at radius 1 is 0.640 bits per heavy atom. The molecule has 8 nitrogen and oxygen atoms in total. The highest BCUT2D eigenvalue weighted by Crippen LogP contribution is 2.28. The Morgan fingerprint density at radius 2 is 1.14 bits per heavy atom. The number of halogens is 6. The maximum Gasteiger partial charge on any atom is 0.204 e. The first-order valence-electron chi connectivity index (χ1n) is 14.7. The van der Waals surface area contributed by atoms with Crippen LogP contribution in [0.15, 0.2) is 72.8 Å². The molecule has 50 heavy (non-hydrogen) atoms. The zero-order chi connectivity index (χ0) is 36.3. The fraction of sp³-hybridized carbons (Fsp3) is 0.139. The lowest BCUT2D eigenvalue weighted by molar-refractivity contribution is 0.0971. The Labute approximate surface area is 316 Å². The highest BCUT2D eigenvalue weighted by Gasteiger charge is 2.17. The molecule has 0 spiro atoms. The third-order valence-electron chi connectivity index (χ3n) is 7.79. The second-order valence-corrected chi connectivity index (χ2v) is 13.4. The van der Waals surface area contributed by atoms with Crippen LogP contribution in [0.1, 0.15) is 22.0 Å². The van der Waals surface area contributed by atoms with Gasteiger partial charge in [-0.2, -0.15) is 0 Å². The summed E-state index contributed by atoms with van der Waals surface area (Å²) < 4.78 is 6.58. The summed E-state index contributed by atoms with van der Waals surface area (Å²) in [6.07, 6.45) is 9.96. The average molecular weight is 787 g/mol. The number of nitrogens with zero attached hydrogens (tertiary/aromatic N) is 4. The van der Waals surface area contributed by atoms with E-state index >= 15 is 0 Å². The number of Topliss-reactive ketones (excluding diaryl/α,β-unsaturated/α-hetero) is 1. The zero-order valence-electron chi connectivity index (χ0n) is 25.9. The van der Waals surface area contributed by atoms with Gasteiger partial charge in [-0.15, -0.1) is 12.8 Å². The maximum atomic E-state index is 12.6. The minimum atomic E-state index is -0.857. The van der Waals surface area contributed by atoms with E-state index in [0.717, 1.165) is 11.0 Å². The molecular formula is C36H26Cl6N6O2. The van der Waals surface area contributed by atoms with Gasteiger partial charge in [0.2, 0.25) is 11.2 Å². The predicted molar refractivity (Wildman–Crippen MR) is 201 cm³/mol. The molecule has 0 saturated carbocycles. The molecule has 6 rings (SSSR count). The Morgan fingerprint density at radius 3 is 1.66 bits per heavy atom. The smallest absolute Gasteiger partial charge is 0.204 e. The van der Waals surface area contributed by atoms with Gasteiger partial charge in [0.05, 0.1) is 74.4 Å². The molecule has 6 aromatic rings. The molecule has 2 heterocycles. The molecule has 0 fully saturated rings. The molecule has 0 saturated heterocycles. The van der Waals surface area contributed by atoms with Crippen LogP contribution in [0.2, 0.25) is 30.1 Å². The van der Waals surface area contributed by atoms with Crippen LogP contribution in [0.4, 0.5) is 0 Å². The predicted octanol–water partition coefficient (Wildman–Crippen LogP) is 8.65. The number of nitrogens with one attached hydrogen (secondary N) is 2. The Hall–Kier alpha value is -4.09. The van der Waals surface area contributed by atoms with Crippen molar-refractivity contribution >= 4 is 97.5 Å². The van der Waals surface area contributed by atoms with Gasteiger partial charge >= 0.3 is 0 Å². The molecule has 0 aliphatic rings. The SMILES string of the molecule is C#CCn1c(=N)n(CC(=O)c2ccc(Cl)c(Cl)c2)c2ccc(Cl)cc21.C#CCn1c(=N)n(CC(O)c2ccc(Cl)c(Cl)c2)c2ccc(Cl)cc21. The molecular weight excluding hydrogens is 761 g/mol. The van der Waals surface area contributed by atoms with Gasteiger partial charge in [-0.25, -0.2) is 0 Å². The standard InChI is InChI=1S/C18H14Cl3N3O.C18H12Cl3N3O/c2*1-2-7-23-16-9-12(19)4-6-15(16)24(18(23)22)10-17(25)11-3-5-13(20)14(21)8-11/h1,3-6,8-9,17,22,25H,7,10H2;1,3-6,8-9,22H,7,10H2. The van der Waals surface area contributed by atoms with Crippen LogP contribution in [0.25, 0.3) is 22.1 Å². The summed E-state index contributed by atoms with van der Waals surface area (Å²) in [7, 11) is 0. The monoisotopic (exact) mass is 784 g/mol. The van der Waals surface area contributed by atoms with Crippen molar-refractivity contribution in [2.24, 2.45) is 0 Å². The van der Waals surface area contributed by atoms with Crippen molar-refractivity contribution in [3.8, 4) is 24.7 Å². The molecule has 14 heteroatoms. The van der Waals surface area contributed by atoms with Crippen LogP contribution in [0, 0.1) is 35.5 Å². The highest BCUT2D eigenvalue weighted by atomic mass is 35.5. The van der Waals surface area contributed by atoms with Gasteiger partial charge in [-0.3, -0.25) is 24.7 Å². The zero-order valence-corrected chi connectivity index (χ0v) is 30.4. The summed E-state index contributed by atoms with van der Waals surface area (Å²) in [5.74, 6) is 4.87. The first-order chi connectivity index (χ1) is 23.8. The van der Waals surface area contributed by atoms with Gasteiger partial charge in [0.1, 0.15) is 0 Å². The van der Waals surface area contributed by atoms with Gasteiger partial charge in [-0.1, -0.05) is 87.5 Å². The number of aromatic nitrogens is 4. The molecule has 0 bridgehead atoms. The minimum absolute atomic E-state index is 0.0213. The fourth-order valence-electron chi connectivity index (χ4n) is 5.38. The van der Waals surface area contributed by atoms with Gasteiger partial charge in [0.15, 0.2) is 5.78 Å². The van der Waals surface area contributed by atoms with Crippen molar-refractivity contribution < 1.29 is 9.90 Å². The number of aliphatic hydroxyl groups is 1. The Balaban J connectivity index is 0.000000194. The number of carbonyl (C=O) groups is 1. The fourth-order valence-corrected chi connectivity index (χ4v) is 6.32. The summed E-state index contributed by atoms with van der Waals surface area (Å²) in [4.78, 5) is 12.6. The van der Waals surface area contributed by atoms with Crippen LogP contribution in [-0.4, -0.2) is 29.2 Å². The van der Waals surface area contributed by atoms with E-state index in [1.54, 1.807) is 78.9 Å². The summed E-state index contributed by atoms with van der Waals surface area (Å²) in [5, 5.41) is 29.9. The van der Waals surface area contributed by atoms with E-state index in [4.69, 9.17) is 93.3 Å². The number of imidazole rings is 2. The van der Waals surface area contributed by atoms with Crippen LogP contribution in [-0.2, 0) is 26.2 Å². The number of hydrogen-bond acceptors (Lipinski definition) is 4. The third-order valence-corrected chi connectivity index (χ3v) is 9.74. The van der Waals surface area contributed by atoms with E-state index in [9.17, 15) is 9.90 Å². The van der Waals surface area contributed by atoms with Gasteiger partial charge in [-0.05, 0) is 72.3 Å². The van der Waals surface area contributed by atoms with Crippen LogP contribution in [0.5, 0.6) is 0 Å². The third kappa shape index (κ3) is 7.78. The number of rotatable bonds is 8. The number of ketones is 1. The van der Waals surface area contributed by atoms with Crippen molar-refractivity contribution in [3.05, 3.63) is 125 Å². The number of carbonyl (C=O) groups excluding carboxylic acids is 1. The quantitative estimate of drug-likeness (QED) is 0.106. The van der Waals surface area contributed by atoms with Crippen molar-refractivity contribution in [3.63, 3.8) is 0 Å². The largest absolute Gasteiger partial charge is 0.387 e. The summed E-state index contributed by atoms with van der Waals surface area (Å²) in [6, 6.07) is 20.2. The normalized spacial score (nSPS) is 11.5. The van der Waals surface area contributed by atoms with Crippen LogP contribution < -0.4 is 11.2 Å². The van der Waals surface area contributed by atoms with Crippen molar-refractivity contribution in [2.45, 2.75) is 32.3 Å². The summed E-state index contributed by atoms with van der Waals surface area (Å²) in [5.41, 5.74) is 4.29. The number of benzene rings is 4. The van der Waals surface area contributed by atoms with Crippen molar-refractivity contribution in [1.29, 1.82) is 10.8 Å². The lowest BCUT2D eigenvalue weighted by Crippen LogP contribution is -2.27. The van der Waals surface area contributed by atoms with Crippen LogP contribution >= 0.6 is 69.6 Å². The Bertz CT molecular complexity index is 2480. The Kier molecular flexibility index (Phi) is 11.8. The maximum absolute atomic E-state index is 12.6. The molecule has 0 radical (unpaired) electrons. The second kappa shape index (κ2) is 15.9. The van der Waals surface area contributed by atoms with E-state index in [1.807, 2.05) is 6.07 Å². The van der Waals surface area contributed by atoms with Crippen molar-refractivity contribution in [2.75, 3.05) is 0 Å². The lowest BCUT2D eigenvalue weighted by atomic mass is 10.1. The van der Waals surface area contributed by atoms with Crippen molar-refractivity contribution in [1.82, 2.24) is 18.3 Å². The van der Waals surface area contributed by atoms with E-state index in [0.29, 0.717) is 52.3 Å². The molecule has 1 atom stereocenters. The van der Waals surface area contributed by atoms with Gasteiger partial charge < -0.3 is 14.2 Å². The summed E-state index contributed by atoms with van der Waals surface area (Å²) >= 11 is 35.9. The van der Waals surface area contributed by atoms with Gasteiger partial charge in [0, 0.05) is 15.6 Å². The second-order valence-electron chi connectivity index (χ2n) is 10.9. The van der Waals surface area contributed by atoms with E-state index in [1.165, 1.54) is 6.07 Å². The topological polar surface area (TPSA) is 105 Å². The molecule has 3 N–H and O–H groups in total. The number of hydrogen-bond donors (Lipinski definition) is 3. The molecule has 0 aliphatic carbocycles. The van der Waals surface area contributed by atoms with E-state index < -0.39 is 6.10 Å². The molecule has 1 unspecified atom stereocenters. The molecule has 254 valence electrons. The molecule has 0 aliphatic heterocycles. The lowest BCUT2D eigenvalue weighted by Gasteiger charge is -2.13. The first kappa shape index (κ1) is 37.2. The number of fused-ring (bicyclic) bond motifs is 2. The van der Waals surface area contributed by atoms with E-state index in [-0.39, 0.29) is 43.2 Å². The first-order valence-corrected chi connectivity index (χ1v) is 17.0. The average Bonchev–Trinajstić information content (AvgIpc) is 3.48. The summed E-state index contributed by atoms with van der Waals surface area (Å²) in [6.45, 7) is 0.605.